The Morgan fingerprint density at radius 1 is 0.708 bits per heavy atom. The molecular weight excluding hydrogens is 298 g/mol. The fourth-order valence-corrected chi connectivity index (χ4v) is 2.71. The Kier molecular flexibility index (Phi) is 4.60. The van der Waals surface area contributed by atoms with Crippen molar-refractivity contribution in [1.82, 2.24) is 24.5 Å². The second-order valence-corrected chi connectivity index (χ2v) is 6.36. The van der Waals surface area contributed by atoms with Crippen molar-refractivity contribution in [1.29, 1.82) is 0 Å². The van der Waals surface area contributed by atoms with Crippen LogP contribution in [0.3, 0.4) is 0 Å². The number of pyridine rings is 1. The van der Waals surface area contributed by atoms with Gasteiger partial charge in [-0.3, -0.25) is 14.3 Å². The van der Waals surface area contributed by atoms with Gasteiger partial charge in [0.05, 0.1) is 23.4 Å². The summed E-state index contributed by atoms with van der Waals surface area (Å²) < 4.78 is 4.03. The van der Waals surface area contributed by atoms with Crippen molar-refractivity contribution in [3.63, 3.8) is 0 Å². The molecular formula is C19H23N5. The third-order valence-electron chi connectivity index (χ3n) is 3.88. The normalized spacial score (nSPS) is 11.2. The molecule has 0 fully saturated rings. The van der Waals surface area contributed by atoms with Crippen molar-refractivity contribution in [2.75, 3.05) is 0 Å². The maximum atomic E-state index is 4.31. The summed E-state index contributed by atoms with van der Waals surface area (Å²) in [6.07, 6.45) is 7.39. The zero-order chi connectivity index (χ0) is 17.1. The van der Waals surface area contributed by atoms with Crippen molar-refractivity contribution in [3.8, 4) is 0 Å². The number of rotatable bonds is 2. The molecule has 0 aliphatic carbocycles. The molecule has 0 atom stereocenters. The van der Waals surface area contributed by atoms with E-state index in [9.17, 15) is 0 Å². The summed E-state index contributed by atoms with van der Waals surface area (Å²) in [6, 6.07) is 11.1. The quantitative estimate of drug-likeness (QED) is 0.541. The molecule has 24 heavy (non-hydrogen) atoms. The summed E-state index contributed by atoms with van der Waals surface area (Å²) >= 11 is 0. The Morgan fingerprint density at radius 2 is 1.29 bits per heavy atom. The van der Waals surface area contributed by atoms with Crippen LogP contribution in [0, 0.1) is 0 Å². The van der Waals surface area contributed by atoms with E-state index in [0.717, 1.165) is 10.9 Å². The summed E-state index contributed by atoms with van der Waals surface area (Å²) in [5.74, 6) is 0. The number of hydrogen-bond acceptors (Lipinski definition) is 3. The molecule has 0 aliphatic rings. The zero-order valence-electron chi connectivity index (χ0n) is 14.6. The number of hydrogen-bond donors (Lipinski definition) is 0. The van der Waals surface area contributed by atoms with Gasteiger partial charge in [-0.15, -0.1) is 0 Å². The standard InChI is InChI=1S/C10H12N2.C9H11N3/c1-8(2)12-10-6-4-3-5-9(10)7-11-12;1-7(2)12-9-3-4-10-5-8(9)6-11-12/h3-8H,1-2H3;3-7H,1-2H3. The molecule has 0 N–H and O–H groups in total. The summed E-state index contributed by atoms with van der Waals surface area (Å²) in [5, 5.41) is 10.9. The Bertz CT molecular complexity index is 855. The predicted molar refractivity (Wildman–Crippen MR) is 98.0 cm³/mol. The van der Waals surface area contributed by atoms with E-state index in [4.69, 9.17) is 0 Å². The molecule has 1 aromatic carbocycles. The molecule has 0 amide bonds. The van der Waals surface area contributed by atoms with Crippen molar-refractivity contribution in [2.45, 2.75) is 39.8 Å². The third kappa shape index (κ3) is 3.15. The first kappa shape index (κ1) is 16.2. The highest BCUT2D eigenvalue weighted by molar-refractivity contribution is 5.78. The van der Waals surface area contributed by atoms with Crippen LogP contribution in [-0.4, -0.2) is 24.5 Å². The number of benzene rings is 1. The first-order valence-corrected chi connectivity index (χ1v) is 8.27. The fourth-order valence-electron chi connectivity index (χ4n) is 2.71. The van der Waals surface area contributed by atoms with Crippen LogP contribution in [0.2, 0.25) is 0 Å². The average Bonchev–Trinajstić information content (AvgIpc) is 3.19. The van der Waals surface area contributed by atoms with Crippen LogP contribution in [0.15, 0.2) is 55.1 Å². The minimum Gasteiger partial charge on any atom is -0.264 e. The van der Waals surface area contributed by atoms with Crippen LogP contribution in [0.5, 0.6) is 0 Å². The molecule has 4 rings (SSSR count). The molecule has 4 aromatic rings. The number of para-hydroxylation sites is 1. The number of fused-ring (bicyclic) bond motifs is 2. The lowest BCUT2D eigenvalue weighted by Crippen LogP contribution is -2.01. The molecule has 0 saturated carbocycles. The molecule has 3 aromatic heterocycles. The van der Waals surface area contributed by atoms with Crippen LogP contribution < -0.4 is 0 Å². The second-order valence-electron chi connectivity index (χ2n) is 6.36. The minimum absolute atomic E-state index is 0.407. The molecule has 0 unspecified atom stereocenters. The maximum Gasteiger partial charge on any atom is 0.0716 e. The lowest BCUT2D eigenvalue weighted by molar-refractivity contribution is 0.551. The Labute approximate surface area is 141 Å². The molecule has 0 aliphatic heterocycles. The van der Waals surface area contributed by atoms with Gasteiger partial charge < -0.3 is 0 Å². The highest BCUT2D eigenvalue weighted by Crippen LogP contribution is 2.16. The Morgan fingerprint density at radius 3 is 1.96 bits per heavy atom. The van der Waals surface area contributed by atoms with E-state index in [-0.39, 0.29) is 0 Å². The van der Waals surface area contributed by atoms with Gasteiger partial charge in [0.1, 0.15) is 0 Å². The highest BCUT2D eigenvalue weighted by Gasteiger charge is 2.04. The summed E-state index contributed by atoms with van der Waals surface area (Å²) in [5.41, 5.74) is 2.37. The van der Waals surface area contributed by atoms with Gasteiger partial charge in [-0.25, -0.2) is 0 Å². The van der Waals surface area contributed by atoms with Gasteiger partial charge in [0.2, 0.25) is 0 Å². The minimum atomic E-state index is 0.407. The second kappa shape index (κ2) is 6.83. The zero-order valence-corrected chi connectivity index (χ0v) is 14.6. The molecule has 3 heterocycles. The van der Waals surface area contributed by atoms with E-state index < -0.39 is 0 Å². The van der Waals surface area contributed by atoms with E-state index in [1.165, 1.54) is 10.9 Å². The highest BCUT2D eigenvalue weighted by atomic mass is 15.3. The molecule has 0 spiro atoms. The number of nitrogens with zero attached hydrogens (tertiary/aromatic N) is 5. The van der Waals surface area contributed by atoms with E-state index in [0.29, 0.717) is 12.1 Å². The van der Waals surface area contributed by atoms with Gasteiger partial charge in [-0.2, -0.15) is 10.2 Å². The Hall–Kier alpha value is -2.69. The summed E-state index contributed by atoms with van der Waals surface area (Å²) in [6.45, 7) is 8.51. The first-order valence-electron chi connectivity index (χ1n) is 8.27. The number of aromatic nitrogens is 5. The van der Waals surface area contributed by atoms with Gasteiger partial charge in [-0.1, -0.05) is 18.2 Å². The van der Waals surface area contributed by atoms with Crippen LogP contribution in [0.4, 0.5) is 0 Å². The van der Waals surface area contributed by atoms with Crippen molar-refractivity contribution in [3.05, 3.63) is 55.1 Å². The molecule has 0 radical (unpaired) electrons. The lowest BCUT2D eigenvalue weighted by Gasteiger charge is -2.05. The topological polar surface area (TPSA) is 48.5 Å². The van der Waals surface area contributed by atoms with Gasteiger partial charge in [0.15, 0.2) is 0 Å². The molecule has 5 heteroatoms. The van der Waals surface area contributed by atoms with Crippen molar-refractivity contribution in [2.24, 2.45) is 0 Å². The van der Waals surface area contributed by atoms with E-state index in [1.54, 1.807) is 6.20 Å². The third-order valence-corrected chi connectivity index (χ3v) is 3.88. The Balaban J connectivity index is 0.000000141. The average molecular weight is 321 g/mol. The molecule has 5 nitrogen and oxygen atoms in total. The lowest BCUT2D eigenvalue weighted by atomic mass is 10.2. The molecule has 124 valence electrons. The molecule has 0 bridgehead atoms. The van der Waals surface area contributed by atoms with E-state index in [1.807, 2.05) is 46.2 Å². The van der Waals surface area contributed by atoms with Gasteiger partial charge in [-0.05, 0) is 39.8 Å². The summed E-state index contributed by atoms with van der Waals surface area (Å²) in [4.78, 5) is 4.03. The van der Waals surface area contributed by atoms with Crippen molar-refractivity contribution >= 4 is 21.8 Å². The van der Waals surface area contributed by atoms with E-state index in [2.05, 4.69) is 55.0 Å². The predicted octanol–water partition coefficient (Wildman–Crippen LogP) is 4.63. The SMILES string of the molecule is CC(C)n1ncc2ccccc21.CC(C)n1ncc2cnccc21. The van der Waals surface area contributed by atoms with Crippen LogP contribution in [0.1, 0.15) is 39.8 Å². The largest absolute Gasteiger partial charge is 0.264 e. The van der Waals surface area contributed by atoms with Crippen LogP contribution in [0.25, 0.3) is 21.8 Å². The fraction of sp³-hybridized carbons (Fsp3) is 0.316. The molecule has 0 saturated heterocycles. The summed E-state index contributed by atoms with van der Waals surface area (Å²) in [7, 11) is 0. The monoisotopic (exact) mass is 321 g/mol. The van der Waals surface area contributed by atoms with Gasteiger partial charge in [0, 0.05) is 35.2 Å². The smallest absolute Gasteiger partial charge is 0.0716 e. The maximum absolute atomic E-state index is 4.31. The van der Waals surface area contributed by atoms with Gasteiger partial charge >= 0.3 is 0 Å². The van der Waals surface area contributed by atoms with Crippen LogP contribution in [-0.2, 0) is 0 Å². The van der Waals surface area contributed by atoms with Crippen LogP contribution >= 0.6 is 0 Å². The van der Waals surface area contributed by atoms with Gasteiger partial charge in [0.25, 0.3) is 0 Å². The van der Waals surface area contributed by atoms with E-state index >= 15 is 0 Å². The first-order chi connectivity index (χ1) is 11.6. The van der Waals surface area contributed by atoms with Crippen molar-refractivity contribution < 1.29 is 0 Å².